The quantitative estimate of drug-likeness (QED) is 0.905. The minimum Gasteiger partial charge on any atom is -0.365 e. The second kappa shape index (κ2) is 6.30. The Kier molecular flexibility index (Phi) is 4.87. The fraction of sp³-hybridized carbons (Fsp3) is 0.647. The first kappa shape index (κ1) is 16.2. The highest BCUT2D eigenvalue weighted by atomic mass is 19.2. The maximum Gasteiger partial charge on any atom is 0.160 e. The Labute approximate surface area is 126 Å². The van der Waals surface area contributed by atoms with E-state index in [9.17, 15) is 8.78 Å². The van der Waals surface area contributed by atoms with Gasteiger partial charge in [-0.1, -0.05) is 27.7 Å². The Morgan fingerprint density at radius 3 is 2.43 bits per heavy atom. The first-order valence-corrected chi connectivity index (χ1v) is 7.89. The summed E-state index contributed by atoms with van der Waals surface area (Å²) in [4.78, 5) is 2.25. The molecule has 1 fully saturated rings. The van der Waals surface area contributed by atoms with Crippen LogP contribution in [0.25, 0.3) is 0 Å². The Balaban J connectivity index is 2.35. The Bertz CT molecular complexity index is 484. The highest BCUT2D eigenvalue weighted by molar-refractivity contribution is 5.49. The van der Waals surface area contributed by atoms with E-state index in [0.717, 1.165) is 31.6 Å². The van der Waals surface area contributed by atoms with Crippen LogP contribution in [-0.4, -0.2) is 24.7 Å². The van der Waals surface area contributed by atoms with Gasteiger partial charge in [0.2, 0.25) is 0 Å². The summed E-state index contributed by atoms with van der Waals surface area (Å²) in [5.41, 5.74) is 0.830. The number of halogens is 2. The lowest BCUT2D eigenvalue weighted by molar-refractivity contribution is 0.227. The van der Waals surface area contributed by atoms with Gasteiger partial charge >= 0.3 is 0 Å². The standard InChI is InChI=1S/C17H26F2N2/c1-5-17(6-2)11-21(16(10-20-17)12(3)4)13-7-8-14(18)15(19)9-13/h7-9,12,16,20H,5-6,10-11H2,1-4H3. The molecule has 4 heteroatoms. The molecule has 1 aromatic carbocycles. The number of piperazine rings is 1. The third kappa shape index (κ3) is 3.20. The molecule has 1 saturated heterocycles. The number of nitrogens with zero attached hydrogens (tertiary/aromatic N) is 1. The second-order valence-corrected chi connectivity index (χ2v) is 6.41. The first-order valence-electron chi connectivity index (χ1n) is 7.89. The largest absolute Gasteiger partial charge is 0.365 e. The van der Waals surface area contributed by atoms with Crippen LogP contribution in [0.5, 0.6) is 0 Å². The van der Waals surface area contributed by atoms with Gasteiger partial charge in [-0.2, -0.15) is 0 Å². The van der Waals surface area contributed by atoms with Crippen molar-refractivity contribution in [2.24, 2.45) is 5.92 Å². The Morgan fingerprint density at radius 1 is 1.24 bits per heavy atom. The summed E-state index contributed by atoms with van der Waals surface area (Å²) in [6.45, 7) is 10.4. The van der Waals surface area contributed by atoms with Gasteiger partial charge in [0, 0.05) is 36.4 Å². The zero-order chi connectivity index (χ0) is 15.6. The van der Waals surface area contributed by atoms with E-state index in [-0.39, 0.29) is 5.54 Å². The number of rotatable bonds is 4. The predicted octanol–water partition coefficient (Wildman–Crippen LogP) is 3.96. The minimum absolute atomic E-state index is 0.0518. The SMILES string of the molecule is CCC1(CC)CN(c2ccc(F)c(F)c2)C(C(C)C)CN1. The van der Waals surface area contributed by atoms with Crippen LogP contribution in [0.15, 0.2) is 18.2 Å². The molecule has 0 aromatic heterocycles. The van der Waals surface area contributed by atoms with Crippen LogP contribution in [0, 0.1) is 17.6 Å². The summed E-state index contributed by atoms with van der Waals surface area (Å²) < 4.78 is 26.8. The van der Waals surface area contributed by atoms with Crippen LogP contribution in [0.1, 0.15) is 40.5 Å². The number of nitrogens with one attached hydrogen (secondary N) is 1. The van der Waals surface area contributed by atoms with Gasteiger partial charge in [0.25, 0.3) is 0 Å². The first-order chi connectivity index (χ1) is 9.92. The van der Waals surface area contributed by atoms with E-state index in [1.165, 1.54) is 12.1 Å². The molecule has 2 nitrogen and oxygen atoms in total. The van der Waals surface area contributed by atoms with Gasteiger partial charge < -0.3 is 10.2 Å². The molecule has 0 saturated carbocycles. The molecule has 0 aliphatic carbocycles. The zero-order valence-electron chi connectivity index (χ0n) is 13.4. The number of hydrogen-bond acceptors (Lipinski definition) is 2. The molecule has 0 bridgehead atoms. The molecule has 2 rings (SSSR count). The molecule has 1 aromatic rings. The molecule has 21 heavy (non-hydrogen) atoms. The molecular formula is C17H26F2N2. The van der Waals surface area contributed by atoms with Crippen LogP contribution < -0.4 is 10.2 Å². The van der Waals surface area contributed by atoms with Crippen molar-refractivity contribution < 1.29 is 8.78 Å². The average molecular weight is 296 g/mol. The third-order valence-corrected chi connectivity index (χ3v) is 4.92. The molecule has 0 spiro atoms. The van der Waals surface area contributed by atoms with Crippen molar-refractivity contribution in [3.05, 3.63) is 29.8 Å². The van der Waals surface area contributed by atoms with Gasteiger partial charge in [-0.3, -0.25) is 0 Å². The van der Waals surface area contributed by atoms with E-state index in [4.69, 9.17) is 0 Å². The van der Waals surface area contributed by atoms with Crippen molar-refractivity contribution in [3.63, 3.8) is 0 Å². The average Bonchev–Trinajstić information content (AvgIpc) is 2.49. The van der Waals surface area contributed by atoms with Crippen molar-refractivity contribution >= 4 is 5.69 Å². The number of anilines is 1. The fourth-order valence-corrected chi connectivity index (χ4v) is 3.20. The van der Waals surface area contributed by atoms with Crippen molar-refractivity contribution in [1.82, 2.24) is 5.32 Å². The molecule has 0 radical (unpaired) electrons. The number of benzene rings is 1. The maximum atomic E-state index is 13.6. The summed E-state index contributed by atoms with van der Waals surface area (Å²) >= 11 is 0. The minimum atomic E-state index is -0.785. The lowest BCUT2D eigenvalue weighted by Crippen LogP contribution is -2.65. The van der Waals surface area contributed by atoms with Gasteiger partial charge in [0.1, 0.15) is 0 Å². The number of hydrogen-bond donors (Lipinski definition) is 1. The van der Waals surface area contributed by atoms with Crippen LogP contribution in [0.4, 0.5) is 14.5 Å². The Morgan fingerprint density at radius 2 is 1.90 bits per heavy atom. The lowest BCUT2D eigenvalue weighted by Gasteiger charge is -2.50. The highest BCUT2D eigenvalue weighted by Gasteiger charge is 2.38. The summed E-state index contributed by atoms with van der Waals surface area (Å²) in [5, 5.41) is 3.68. The van der Waals surface area contributed by atoms with Gasteiger partial charge in [-0.25, -0.2) is 8.78 Å². The highest BCUT2D eigenvalue weighted by Crippen LogP contribution is 2.30. The van der Waals surface area contributed by atoms with Crippen LogP contribution >= 0.6 is 0 Å². The molecule has 1 aliphatic heterocycles. The molecule has 1 N–H and O–H groups in total. The summed E-state index contributed by atoms with van der Waals surface area (Å²) in [6, 6.07) is 4.53. The predicted molar refractivity (Wildman–Crippen MR) is 83.6 cm³/mol. The van der Waals surface area contributed by atoms with Crippen molar-refractivity contribution in [2.75, 3.05) is 18.0 Å². The molecule has 1 aliphatic rings. The maximum absolute atomic E-state index is 13.6. The van der Waals surface area contributed by atoms with E-state index in [2.05, 4.69) is 37.9 Å². The van der Waals surface area contributed by atoms with Gasteiger partial charge in [-0.05, 0) is 30.9 Å². The van der Waals surface area contributed by atoms with E-state index < -0.39 is 11.6 Å². The smallest absolute Gasteiger partial charge is 0.160 e. The van der Waals surface area contributed by atoms with Crippen LogP contribution in [-0.2, 0) is 0 Å². The van der Waals surface area contributed by atoms with Crippen LogP contribution in [0.2, 0.25) is 0 Å². The summed E-state index contributed by atoms with van der Waals surface area (Å²) in [7, 11) is 0. The van der Waals surface area contributed by atoms with E-state index in [1.54, 1.807) is 6.07 Å². The third-order valence-electron chi connectivity index (χ3n) is 4.92. The van der Waals surface area contributed by atoms with Crippen molar-refractivity contribution in [3.8, 4) is 0 Å². The topological polar surface area (TPSA) is 15.3 Å². The molecule has 0 amide bonds. The monoisotopic (exact) mass is 296 g/mol. The zero-order valence-corrected chi connectivity index (χ0v) is 13.4. The lowest BCUT2D eigenvalue weighted by atomic mass is 9.86. The van der Waals surface area contributed by atoms with E-state index >= 15 is 0 Å². The van der Waals surface area contributed by atoms with Gasteiger partial charge in [0.05, 0.1) is 0 Å². The van der Waals surface area contributed by atoms with Gasteiger partial charge in [-0.15, -0.1) is 0 Å². The summed E-state index contributed by atoms with van der Waals surface area (Å²) in [6.07, 6.45) is 2.04. The summed E-state index contributed by atoms with van der Waals surface area (Å²) in [5.74, 6) is -1.11. The second-order valence-electron chi connectivity index (χ2n) is 6.41. The van der Waals surface area contributed by atoms with Crippen molar-refractivity contribution in [1.29, 1.82) is 0 Å². The van der Waals surface area contributed by atoms with Crippen molar-refractivity contribution in [2.45, 2.75) is 52.1 Å². The molecular weight excluding hydrogens is 270 g/mol. The van der Waals surface area contributed by atoms with E-state index in [0.29, 0.717) is 12.0 Å². The fourth-order valence-electron chi connectivity index (χ4n) is 3.20. The molecule has 1 atom stereocenters. The normalized spacial score (nSPS) is 21.9. The van der Waals surface area contributed by atoms with Gasteiger partial charge in [0.15, 0.2) is 11.6 Å². The molecule has 118 valence electrons. The van der Waals surface area contributed by atoms with Crippen LogP contribution in [0.3, 0.4) is 0 Å². The Hall–Kier alpha value is -1.16. The van der Waals surface area contributed by atoms with E-state index in [1.807, 2.05) is 0 Å². The molecule has 1 unspecified atom stereocenters. The molecule has 1 heterocycles.